The van der Waals surface area contributed by atoms with Gasteiger partial charge in [-0.05, 0) is 31.2 Å². The van der Waals surface area contributed by atoms with Crippen LogP contribution in [0.5, 0.6) is 5.75 Å². The Labute approximate surface area is 119 Å². The van der Waals surface area contributed by atoms with Crippen molar-refractivity contribution in [2.45, 2.75) is 18.3 Å². The molecule has 0 aliphatic carbocycles. The van der Waals surface area contributed by atoms with Crippen molar-refractivity contribution in [2.24, 2.45) is 0 Å². The van der Waals surface area contributed by atoms with Gasteiger partial charge in [0.15, 0.2) is 5.85 Å². The van der Waals surface area contributed by atoms with Gasteiger partial charge < -0.3 is 19.3 Å². The summed E-state index contributed by atoms with van der Waals surface area (Å²) >= 11 is 11.3. The average molecular weight is 329 g/mol. The normalized spacial score (nSPS) is 14.6. The molecule has 6 nitrogen and oxygen atoms in total. The zero-order valence-electron chi connectivity index (χ0n) is 9.69. The Morgan fingerprint density at radius 3 is 2.32 bits per heavy atom. The molecule has 0 amide bonds. The summed E-state index contributed by atoms with van der Waals surface area (Å²) in [5.41, 5.74) is -1.52. The van der Waals surface area contributed by atoms with Crippen molar-refractivity contribution >= 4 is 36.8 Å². The fourth-order valence-electron chi connectivity index (χ4n) is 0.971. The van der Waals surface area contributed by atoms with E-state index in [4.69, 9.17) is 37.7 Å². The van der Waals surface area contributed by atoms with E-state index in [1.807, 2.05) is 0 Å². The third-order valence-corrected chi connectivity index (χ3v) is 3.57. The summed E-state index contributed by atoms with van der Waals surface area (Å²) in [6, 6.07) is 6.03. The molecule has 0 aliphatic rings. The van der Waals surface area contributed by atoms with Gasteiger partial charge in [0.05, 0.1) is 0 Å². The number of esters is 1. The maximum atomic E-state index is 11.4. The molecule has 0 fully saturated rings. The molecule has 0 saturated carbocycles. The Balaban J connectivity index is 2.58. The van der Waals surface area contributed by atoms with E-state index < -0.39 is 25.0 Å². The minimum absolute atomic E-state index is 0.269. The van der Waals surface area contributed by atoms with E-state index in [1.54, 1.807) is 0 Å². The second-order valence-corrected chi connectivity index (χ2v) is 6.25. The van der Waals surface area contributed by atoms with E-state index >= 15 is 0 Å². The molecule has 0 heterocycles. The van der Waals surface area contributed by atoms with Crippen LogP contribution in [0.4, 0.5) is 0 Å². The Morgan fingerprint density at radius 1 is 1.32 bits per heavy atom. The van der Waals surface area contributed by atoms with Crippen molar-refractivity contribution in [1.29, 1.82) is 0 Å². The number of carbonyl (C=O) groups excluding carboxylic acids is 1. The SMILES string of the molecule is CC(OC(=O)C(Cl)Oc1ccc(Cl)cc1)P(=O)(O)O. The molecule has 1 aromatic rings. The number of carbonyl (C=O) groups is 1. The van der Waals surface area contributed by atoms with Gasteiger partial charge in [-0.15, -0.1) is 0 Å². The first-order chi connectivity index (χ1) is 8.70. The van der Waals surface area contributed by atoms with Crippen LogP contribution in [0.25, 0.3) is 0 Å². The molecule has 2 atom stereocenters. The van der Waals surface area contributed by atoms with Crippen molar-refractivity contribution in [2.75, 3.05) is 0 Å². The van der Waals surface area contributed by atoms with Crippen LogP contribution < -0.4 is 4.74 Å². The topological polar surface area (TPSA) is 93.1 Å². The van der Waals surface area contributed by atoms with Gasteiger partial charge in [-0.3, -0.25) is 4.57 Å². The highest BCUT2D eigenvalue weighted by atomic mass is 35.5. The van der Waals surface area contributed by atoms with Crippen molar-refractivity contribution < 1.29 is 28.6 Å². The average Bonchev–Trinajstić information content (AvgIpc) is 2.30. The lowest BCUT2D eigenvalue weighted by Gasteiger charge is -2.17. The smallest absolute Gasteiger partial charge is 0.365 e. The summed E-state index contributed by atoms with van der Waals surface area (Å²) in [5.74, 6) is -2.41. The quantitative estimate of drug-likeness (QED) is 0.489. The van der Waals surface area contributed by atoms with Crippen molar-refractivity contribution in [3.05, 3.63) is 29.3 Å². The van der Waals surface area contributed by atoms with Crippen molar-refractivity contribution in [3.63, 3.8) is 0 Å². The van der Waals surface area contributed by atoms with E-state index in [0.29, 0.717) is 5.02 Å². The molecule has 1 rings (SSSR count). The van der Waals surface area contributed by atoms with Crippen LogP contribution in [0.3, 0.4) is 0 Å². The summed E-state index contributed by atoms with van der Waals surface area (Å²) < 4.78 is 20.3. The van der Waals surface area contributed by atoms with Crippen LogP contribution in [0.1, 0.15) is 6.92 Å². The van der Waals surface area contributed by atoms with Crippen molar-refractivity contribution in [1.82, 2.24) is 0 Å². The Hall–Kier alpha value is -0.780. The van der Waals surface area contributed by atoms with Crippen LogP contribution >= 0.6 is 30.8 Å². The number of hydrogen-bond acceptors (Lipinski definition) is 4. The third-order valence-electron chi connectivity index (χ3n) is 2.00. The zero-order chi connectivity index (χ0) is 14.6. The first-order valence-electron chi connectivity index (χ1n) is 5.02. The lowest BCUT2D eigenvalue weighted by Crippen LogP contribution is -2.27. The number of benzene rings is 1. The summed E-state index contributed by atoms with van der Waals surface area (Å²) in [6.45, 7) is 1.06. The fourth-order valence-corrected chi connectivity index (χ4v) is 1.49. The molecule has 0 bridgehead atoms. The molecule has 0 saturated heterocycles. The molecule has 106 valence electrons. The largest absolute Gasteiger partial charge is 0.463 e. The van der Waals surface area contributed by atoms with Crippen LogP contribution in [0.15, 0.2) is 24.3 Å². The second-order valence-electron chi connectivity index (χ2n) is 3.51. The van der Waals surface area contributed by atoms with Crippen LogP contribution in [-0.2, 0) is 14.1 Å². The highest BCUT2D eigenvalue weighted by molar-refractivity contribution is 7.52. The summed E-state index contributed by atoms with van der Waals surface area (Å²) in [6.07, 6.45) is 0. The molecule has 19 heavy (non-hydrogen) atoms. The second kappa shape index (κ2) is 6.59. The van der Waals surface area contributed by atoms with Gasteiger partial charge in [0, 0.05) is 5.02 Å². The van der Waals surface area contributed by atoms with Gasteiger partial charge in [-0.25, -0.2) is 4.79 Å². The highest BCUT2D eigenvalue weighted by Crippen LogP contribution is 2.41. The first-order valence-corrected chi connectivity index (χ1v) is 7.52. The van der Waals surface area contributed by atoms with E-state index in [0.717, 1.165) is 6.92 Å². The maximum absolute atomic E-state index is 11.4. The molecule has 2 unspecified atom stereocenters. The summed E-state index contributed by atoms with van der Waals surface area (Å²) in [5, 5.41) is 0.483. The molecule has 1 aromatic carbocycles. The molecule has 9 heteroatoms. The summed E-state index contributed by atoms with van der Waals surface area (Å²) in [4.78, 5) is 29.0. The van der Waals surface area contributed by atoms with Gasteiger partial charge in [0.2, 0.25) is 0 Å². The lowest BCUT2D eigenvalue weighted by atomic mass is 10.3. The zero-order valence-corrected chi connectivity index (χ0v) is 12.1. The van der Waals surface area contributed by atoms with E-state index in [1.165, 1.54) is 24.3 Å². The van der Waals surface area contributed by atoms with E-state index in [2.05, 4.69) is 4.74 Å². The third kappa shape index (κ3) is 5.38. The van der Waals surface area contributed by atoms with Crippen molar-refractivity contribution in [3.8, 4) is 5.75 Å². The molecule has 0 spiro atoms. The maximum Gasteiger partial charge on any atom is 0.365 e. The van der Waals surface area contributed by atoms with Crippen LogP contribution in [0, 0.1) is 0 Å². The highest BCUT2D eigenvalue weighted by Gasteiger charge is 2.31. The predicted octanol–water partition coefficient (Wildman–Crippen LogP) is 2.35. The van der Waals surface area contributed by atoms with Gasteiger partial charge in [0.1, 0.15) is 5.75 Å². The van der Waals surface area contributed by atoms with Gasteiger partial charge in [-0.2, -0.15) is 0 Å². The van der Waals surface area contributed by atoms with E-state index in [-0.39, 0.29) is 5.75 Å². The summed E-state index contributed by atoms with van der Waals surface area (Å²) in [7, 11) is -4.51. The standard InChI is InChI=1S/C10H11Cl2O6P/c1-6(19(14,15)16)17-10(13)9(12)18-8-4-2-7(11)3-5-8/h2-6,9H,1H3,(H2,14,15,16). The Bertz CT molecular complexity index is 485. The molecule has 0 aromatic heterocycles. The van der Waals surface area contributed by atoms with Gasteiger partial charge >= 0.3 is 13.6 Å². The van der Waals surface area contributed by atoms with Gasteiger partial charge in [0.25, 0.3) is 5.56 Å². The number of halogens is 2. The van der Waals surface area contributed by atoms with Crippen LogP contribution in [0.2, 0.25) is 5.02 Å². The minimum Gasteiger partial charge on any atom is -0.463 e. The first kappa shape index (κ1) is 16.3. The number of rotatable bonds is 5. The van der Waals surface area contributed by atoms with E-state index in [9.17, 15) is 9.36 Å². The molecular formula is C10H11Cl2O6P. The number of alkyl halides is 1. The van der Waals surface area contributed by atoms with Crippen LogP contribution in [-0.4, -0.2) is 27.2 Å². The number of ether oxygens (including phenoxy) is 2. The number of hydrogen-bond donors (Lipinski definition) is 2. The monoisotopic (exact) mass is 328 g/mol. The molecule has 0 radical (unpaired) electrons. The molecule has 2 N–H and O–H groups in total. The van der Waals surface area contributed by atoms with Gasteiger partial charge in [-0.1, -0.05) is 23.2 Å². The molecule has 0 aliphatic heterocycles. The Morgan fingerprint density at radius 2 is 1.84 bits per heavy atom. The minimum atomic E-state index is -4.51. The lowest BCUT2D eigenvalue weighted by molar-refractivity contribution is -0.150. The Kier molecular flexibility index (Phi) is 5.64. The molecular weight excluding hydrogens is 318 g/mol. The predicted molar refractivity (Wildman–Crippen MR) is 69.3 cm³/mol. The fraction of sp³-hybridized carbons (Fsp3) is 0.300.